The van der Waals surface area contributed by atoms with E-state index in [1.807, 2.05) is 6.07 Å². The minimum absolute atomic E-state index is 0.0252. The zero-order valence-electron chi connectivity index (χ0n) is 8.43. The van der Waals surface area contributed by atoms with Crippen molar-refractivity contribution in [1.29, 1.82) is 0 Å². The van der Waals surface area contributed by atoms with Crippen LogP contribution >= 0.6 is 0 Å². The van der Waals surface area contributed by atoms with Crippen molar-refractivity contribution in [1.82, 2.24) is 4.98 Å². The van der Waals surface area contributed by atoms with Crippen molar-refractivity contribution in [2.45, 2.75) is 6.61 Å². The van der Waals surface area contributed by atoms with Gasteiger partial charge in [-0.25, -0.2) is 0 Å². The number of hydrogen-bond donors (Lipinski definition) is 1. The van der Waals surface area contributed by atoms with Gasteiger partial charge < -0.3 is 10.0 Å². The molecule has 1 aliphatic rings. The molecular formula is C10H14N2O2S. The van der Waals surface area contributed by atoms with Gasteiger partial charge in [-0.2, -0.15) is 0 Å². The second-order valence-corrected chi connectivity index (χ2v) is 5.19. The first-order chi connectivity index (χ1) is 7.31. The van der Waals surface area contributed by atoms with Crippen LogP contribution in [-0.2, 0) is 17.4 Å². The summed E-state index contributed by atoms with van der Waals surface area (Å²) < 4.78 is 11.2. The van der Waals surface area contributed by atoms with Crippen LogP contribution in [-0.4, -0.2) is 38.9 Å². The van der Waals surface area contributed by atoms with E-state index in [1.165, 1.54) is 0 Å². The summed E-state index contributed by atoms with van der Waals surface area (Å²) in [4.78, 5) is 6.20. The summed E-state index contributed by atoms with van der Waals surface area (Å²) in [7, 11) is -0.668. The Balaban J connectivity index is 2.18. The molecule has 0 saturated carbocycles. The predicted molar refractivity (Wildman–Crippen MR) is 60.2 cm³/mol. The minimum Gasteiger partial charge on any atom is -0.392 e. The van der Waals surface area contributed by atoms with Crippen LogP contribution in [0.2, 0.25) is 0 Å². The van der Waals surface area contributed by atoms with Crippen molar-refractivity contribution in [3.05, 3.63) is 24.0 Å². The Kier molecular flexibility index (Phi) is 3.33. The summed E-state index contributed by atoms with van der Waals surface area (Å²) in [6.07, 6.45) is 3.44. The molecule has 4 nitrogen and oxygen atoms in total. The highest BCUT2D eigenvalue weighted by Crippen LogP contribution is 2.20. The van der Waals surface area contributed by atoms with Gasteiger partial charge in [0, 0.05) is 47.2 Å². The fraction of sp³-hybridized carbons (Fsp3) is 0.500. The van der Waals surface area contributed by atoms with Gasteiger partial charge in [-0.1, -0.05) is 0 Å². The Labute approximate surface area is 91.4 Å². The maximum atomic E-state index is 11.2. The highest BCUT2D eigenvalue weighted by Gasteiger charge is 2.17. The molecule has 0 aromatic carbocycles. The van der Waals surface area contributed by atoms with Crippen LogP contribution in [0, 0.1) is 0 Å². The van der Waals surface area contributed by atoms with Gasteiger partial charge in [-0.3, -0.25) is 9.19 Å². The molecule has 0 amide bonds. The van der Waals surface area contributed by atoms with Crippen LogP contribution in [0.5, 0.6) is 0 Å². The first kappa shape index (κ1) is 10.6. The molecule has 2 heterocycles. The number of aromatic nitrogens is 1. The Morgan fingerprint density at radius 2 is 2.20 bits per heavy atom. The fourth-order valence-electron chi connectivity index (χ4n) is 1.71. The topological polar surface area (TPSA) is 53.4 Å². The average molecular weight is 226 g/mol. The van der Waals surface area contributed by atoms with Crippen molar-refractivity contribution in [3.63, 3.8) is 0 Å². The molecule has 1 fully saturated rings. The maximum absolute atomic E-state index is 11.2. The van der Waals surface area contributed by atoms with Crippen molar-refractivity contribution in [3.8, 4) is 0 Å². The van der Waals surface area contributed by atoms with Crippen molar-refractivity contribution in [2.75, 3.05) is 29.5 Å². The minimum atomic E-state index is -0.668. The summed E-state index contributed by atoms with van der Waals surface area (Å²) in [6.45, 7) is 1.59. The summed E-state index contributed by atoms with van der Waals surface area (Å²) in [5.74, 6) is 1.42. The number of aliphatic hydroxyl groups excluding tert-OH is 1. The zero-order valence-corrected chi connectivity index (χ0v) is 9.24. The number of nitrogens with zero attached hydrogens (tertiary/aromatic N) is 2. The molecule has 0 bridgehead atoms. The molecule has 0 radical (unpaired) electrons. The summed E-state index contributed by atoms with van der Waals surface area (Å²) in [5, 5.41) is 9.19. The van der Waals surface area contributed by atoms with Crippen molar-refractivity contribution < 1.29 is 9.32 Å². The molecule has 1 aromatic rings. The molecule has 82 valence electrons. The third-order valence-electron chi connectivity index (χ3n) is 2.58. The standard InChI is InChI=1S/C10H14N2O2S/c13-8-9-1-2-11-7-10(9)12-3-5-15(14)6-4-12/h1-2,7,13H,3-6,8H2. The van der Waals surface area contributed by atoms with Crippen molar-refractivity contribution in [2.24, 2.45) is 0 Å². The number of pyridine rings is 1. The van der Waals surface area contributed by atoms with E-state index in [4.69, 9.17) is 0 Å². The lowest BCUT2D eigenvalue weighted by molar-refractivity contribution is 0.282. The molecule has 0 atom stereocenters. The van der Waals surface area contributed by atoms with E-state index in [2.05, 4.69) is 9.88 Å². The average Bonchev–Trinajstić information content (AvgIpc) is 2.30. The summed E-state index contributed by atoms with van der Waals surface area (Å²) in [5.41, 5.74) is 1.86. The zero-order chi connectivity index (χ0) is 10.7. The summed E-state index contributed by atoms with van der Waals surface area (Å²) >= 11 is 0. The quantitative estimate of drug-likeness (QED) is 0.779. The SMILES string of the molecule is O=S1CCN(c2cnccc2CO)CC1. The monoisotopic (exact) mass is 226 g/mol. The summed E-state index contributed by atoms with van der Waals surface area (Å²) in [6, 6.07) is 1.82. The third kappa shape index (κ3) is 2.35. The van der Waals surface area contributed by atoms with E-state index in [-0.39, 0.29) is 6.61 Å². The maximum Gasteiger partial charge on any atom is 0.0703 e. The van der Waals surface area contributed by atoms with Gasteiger partial charge >= 0.3 is 0 Å². The van der Waals surface area contributed by atoms with E-state index >= 15 is 0 Å². The van der Waals surface area contributed by atoms with Crippen LogP contribution in [0.1, 0.15) is 5.56 Å². The van der Waals surface area contributed by atoms with Crippen LogP contribution in [0.4, 0.5) is 5.69 Å². The highest BCUT2D eigenvalue weighted by atomic mass is 32.2. The first-order valence-electron chi connectivity index (χ1n) is 4.95. The molecule has 15 heavy (non-hydrogen) atoms. The Morgan fingerprint density at radius 3 is 2.87 bits per heavy atom. The number of rotatable bonds is 2. The first-order valence-corrected chi connectivity index (χ1v) is 6.43. The van der Waals surface area contributed by atoms with Crippen LogP contribution in [0.15, 0.2) is 18.5 Å². The van der Waals surface area contributed by atoms with Crippen LogP contribution < -0.4 is 4.90 Å². The predicted octanol–water partition coefficient (Wildman–Crippen LogP) is 0.143. The molecule has 1 saturated heterocycles. The molecule has 1 aliphatic heterocycles. The normalized spacial score (nSPS) is 18.1. The number of anilines is 1. The highest BCUT2D eigenvalue weighted by molar-refractivity contribution is 7.85. The van der Waals surface area contributed by atoms with E-state index in [1.54, 1.807) is 12.4 Å². The van der Waals surface area contributed by atoms with Crippen LogP contribution in [0.25, 0.3) is 0 Å². The number of hydrogen-bond acceptors (Lipinski definition) is 4. The van der Waals surface area contributed by atoms with Gasteiger partial charge in [0.05, 0.1) is 18.5 Å². The molecule has 5 heteroatoms. The molecule has 1 N–H and O–H groups in total. The molecule has 0 unspecified atom stereocenters. The Bertz CT molecular complexity index is 360. The van der Waals surface area contributed by atoms with Gasteiger partial charge in [0.1, 0.15) is 0 Å². The van der Waals surface area contributed by atoms with Gasteiger partial charge in [-0.05, 0) is 6.07 Å². The lowest BCUT2D eigenvalue weighted by atomic mass is 10.2. The van der Waals surface area contributed by atoms with Gasteiger partial charge in [0.15, 0.2) is 0 Å². The van der Waals surface area contributed by atoms with E-state index in [0.29, 0.717) is 11.5 Å². The van der Waals surface area contributed by atoms with E-state index < -0.39 is 10.8 Å². The number of aliphatic hydroxyl groups is 1. The van der Waals surface area contributed by atoms with Crippen LogP contribution in [0.3, 0.4) is 0 Å². The van der Waals surface area contributed by atoms with E-state index in [9.17, 15) is 9.32 Å². The van der Waals surface area contributed by atoms with Gasteiger partial charge in [-0.15, -0.1) is 0 Å². The lowest BCUT2D eigenvalue weighted by Crippen LogP contribution is -2.38. The third-order valence-corrected chi connectivity index (χ3v) is 3.85. The van der Waals surface area contributed by atoms with Gasteiger partial charge in [0.25, 0.3) is 0 Å². The molecule has 0 aliphatic carbocycles. The smallest absolute Gasteiger partial charge is 0.0703 e. The Morgan fingerprint density at radius 1 is 1.47 bits per heavy atom. The van der Waals surface area contributed by atoms with E-state index in [0.717, 1.165) is 24.3 Å². The largest absolute Gasteiger partial charge is 0.392 e. The van der Waals surface area contributed by atoms with Gasteiger partial charge in [0.2, 0.25) is 0 Å². The molecular weight excluding hydrogens is 212 g/mol. The second-order valence-electron chi connectivity index (χ2n) is 3.50. The fourth-order valence-corrected chi connectivity index (χ4v) is 2.76. The molecule has 1 aromatic heterocycles. The second kappa shape index (κ2) is 4.72. The van der Waals surface area contributed by atoms with Crippen molar-refractivity contribution >= 4 is 16.5 Å². The molecule has 0 spiro atoms. The molecule has 2 rings (SSSR count). The Hall–Kier alpha value is -0.940. The lowest BCUT2D eigenvalue weighted by Gasteiger charge is -2.29.